The summed E-state index contributed by atoms with van der Waals surface area (Å²) < 4.78 is 11.1. The molecule has 0 radical (unpaired) electrons. The van der Waals surface area contributed by atoms with E-state index >= 15 is 0 Å². The van der Waals surface area contributed by atoms with E-state index in [1.54, 1.807) is 0 Å². The lowest BCUT2D eigenvalue weighted by atomic mass is 9.88. The largest absolute Gasteiger partial charge is 0.381 e. The van der Waals surface area contributed by atoms with Crippen LogP contribution in [0.4, 0.5) is 0 Å². The van der Waals surface area contributed by atoms with E-state index in [0.717, 1.165) is 64.7 Å². The second kappa shape index (κ2) is 15.2. The zero-order valence-corrected chi connectivity index (χ0v) is 20.8. The standard InChI is InChI=1S/C25H35N3O2.HI/c1-26-25(27-15-8-17-29-19-21-14-18-30-20-21)28-16-13-24(22-9-4-2-5-10-22)23-11-6-3-7-12-23;/h2-7,9-12,21,24H,8,13-20H2,1H3,(H2,26,27,28);1H. The Bertz CT molecular complexity index is 697. The van der Waals surface area contributed by atoms with Crippen molar-refractivity contribution < 1.29 is 9.47 Å². The molecule has 1 aliphatic rings. The molecule has 1 aliphatic heterocycles. The lowest BCUT2D eigenvalue weighted by molar-refractivity contribution is 0.0888. The summed E-state index contributed by atoms with van der Waals surface area (Å²) in [7, 11) is 1.82. The van der Waals surface area contributed by atoms with Crippen molar-refractivity contribution in [2.24, 2.45) is 10.9 Å². The first-order chi connectivity index (χ1) is 14.9. The van der Waals surface area contributed by atoms with Crippen LogP contribution in [0.1, 0.15) is 36.3 Å². The number of guanidine groups is 1. The van der Waals surface area contributed by atoms with E-state index in [1.165, 1.54) is 11.1 Å². The first-order valence-electron chi connectivity index (χ1n) is 11.1. The summed E-state index contributed by atoms with van der Waals surface area (Å²) in [6.07, 6.45) is 3.09. The van der Waals surface area contributed by atoms with Crippen LogP contribution in [0.25, 0.3) is 0 Å². The highest BCUT2D eigenvalue weighted by Gasteiger charge is 2.15. The van der Waals surface area contributed by atoms with Crippen LogP contribution in [0.3, 0.4) is 0 Å². The number of benzene rings is 2. The Labute approximate surface area is 204 Å². The van der Waals surface area contributed by atoms with E-state index in [0.29, 0.717) is 11.8 Å². The molecule has 1 unspecified atom stereocenters. The van der Waals surface area contributed by atoms with Crippen LogP contribution in [0.2, 0.25) is 0 Å². The molecule has 1 saturated heterocycles. The Morgan fingerprint density at radius 1 is 1.03 bits per heavy atom. The molecule has 31 heavy (non-hydrogen) atoms. The van der Waals surface area contributed by atoms with Crippen LogP contribution in [0.15, 0.2) is 65.7 Å². The van der Waals surface area contributed by atoms with Crippen molar-refractivity contribution in [2.75, 3.05) is 46.6 Å². The number of hydrogen-bond donors (Lipinski definition) is 2. The van der Waals surface area contributed by atoms with Gasteiger partial charge in [-0.05, 0) is 30.4 Å². The van der Waals surface area contributed by atoms with Gasteiger partial charge in [-0.1, -0.05) is 60.7 Å². The van der Waals surface area contributed by atoms with E-state index in [2.05, 4.69) is 76.3 Å². The van der Waals surface area contributed by atoms with Gasteiger partial charge in [0.1, 0.15) is 0 Å². The summed E-state index contributed by atoms with van der Waals surface area (Å²) in [6, 6.07) is 21.4. The van der Waals surface area contributed by atoms with Gasteiger partial charge in [0.15, 0.2) is 5.96 Å². The van der Waals surface area contributed by atoms with E-state index in [4.69, 9.17) is 9.47 Å². The van der Waals surface area contributed by atoms with E-state index in [9.17, 15) is 0 Å². The Kier molecular flexibility index (Phi) is 12.6. The van der Waals surface area contributed by atoms with Crippen LogP contribution in [-0.2, 0) is 9.47 Å². The predicted molar refractivity (Wildman–Crippen MR) is 138 cm³/mol. The summed E-state index contributed by atoms with van der Waals surface area (Å²) in [4.78, 5) is 4.35. The molecule has 0 aromatic heterocycles. The SMILES string of the molecule is CN=C(NCCCOCC1CCOC1)NCCC(c1ccccc1)c1ccccc1.I. The fraction of sp³-hybridized carbons (Fsp3) is 0.480. The van der Waals surface area contributed by atoms with Gasteiger partial charge in [0.2, 0.25) is 0 Å². The topological polar surface area (TPSA) is 54.9 Å². The molecule has 0 saturated carbocycles. The predicted octanol–water partition coefficient (Wildman–Crippen LogP) is 4.43. The monoisotopic (exact) mass is 537 g/mol. The molecule has 0 bridgehead atoms. The first kappa shape index (κ1) is 25.6. The molecule has 1 heterocycles. The van der Waals surface area contributed by atoms with Gasteiger partial charge in [-0.2, -0.15) is 0 Å². The molecule has 0 aliphatic carbocycles. The minimum Gasteiger partial charge on any atom is -0.381 e. The third-order valence-electron chi connectivity index (χ3n) is 5.49. The Morgan fingerprint density at radius 3 is 2.26 bits per heavy atom. The van der Waals surface area contributed by atoms with Gasteiger partial charge >= 0.3 is 0 Å². The molecule has 1 fully saturated rings. The van der Waals surface area contributed by atoms with Crippen molar-refractivity contribution in [3.63, 3.8) is 0 Å². The van der Waals surface area contributed by atoms with Crippen molar-refractivity contribution in [3.8, 4) is 0 Å². The molecule has 2 aromatic carbocycles. The zero-order chi connectivity index (χ0) is 20.9. The number of ether oxygens (including phenoxy) is 2. The van der Waals surface area contributed by atoms with Crippen molar-refractivity contribution in [1.82, 2.24) is 10.6 Å². The number of rotatable bonds is 11. The molecular formula is C25H36IN3O2. The van der Waals surface area contributed by atoms with Crippen molar-refractivity contribution in [2.45, 2.75) is 25.2 Å². The van der Waals surface area contributed by atoms with Gasteiger partial charge in [0.05, 0.1) is 13.2 Å². The van der Waals surface area contributed by atoms with Gasteiger partial charge in [0.25, 0.3) is 0 Å². The fourth-order valence-corrected chi connectivity index (χ4v) is 3.80. The lowest BCUT2D eigenvalue weighted by Crippen LogP contribution is -2.38. The van der Waals surface area contributed by atoms with Crippen molar-refractivity contribution >= 4 is 29.9 Å². The number of nitrogens with zero attached hydrogens (tertiary/aromatic N) is 1. The zero-order valence-electron chi connectivity index (χ0n) is 18.5. The summed E-state index contributed by atoms with van der Waals surface area (Å²) in [5, 5.41) is 6.84. The van der Waals surface area contributed by atoms with Crippen molar-refractivity contribution in [3.05, 3.63) is 71.8 Å². The van der Waals surface area contributed by atoms with Crippen LogP contribution in [-0.4, -0.2) is 52.5 Å². The highest BCUT2D eigenvalue weighted by molar-refractivity contribution is 14.0. The van der Waals surface area contributed by atoms with Gasteiger partial charge in [-0.3, -0.25) is 4.99 Å². The smallest absolute Gasteiger partial charge is 0.190 e. The number of aliphatic imine (C=N–C) groups is 1. The van der Waals surface area contributed by atoms with Crippen molar-refractivity contribution in [1.29, 1.82) is 0 Å². The minimum absolute atomic E-state index is 0. The molecule has 1 atom stereocenters. The van der Waals surface area contributed by atoms with Crippen LogP contribution in [0.5, 0.6) is 0 Å². The minimum atomic E-state index is 0. The summed E-state index contributed by atoms with van der Waals surface area (Å²) in [5.41, 5.74) is 2.69. The quantitative estimate of drug-likeness (QED) is 0.193. The third-order valence-corrected chi connectivity index (χ3v) is 5.49. The average molecular weight is 537 g/mol. The fourth-order valence-electron chi connectivity index (χ4n) is 3.80. The van der Waals surface area contributed by atoms with Crippen LogP contribution in [0, 0.1) is 5.92 Å². The Balaban J connectivity index is 0.00000341. The van der Waals surface area contributed by atoms with Gasteiger partial charge in [-0.25, -0.2) is 0 Å². The highest BCUT2D eigenvalue weighted by atomic mass is 127. The second-order valence-electron chi connectivity index (χ2n) is 7.75. The van der Waals surface area contributed by atoms with Crippen LogP contribution >= 0.6 is 24.0 Å². The molecule has 2 aromatic rings. The summed E-state index contributed by atoms with van der Waals surface area (Å²) >= 11 is 0. The summed E-state index contributed by atoms with van der Waals surface area (Å²) in [6.45, 7) is 5.01. The normalized spacial score (nSPS) is 16.2. The Hall–Kier alpha value is -1.64. The molecule has 5 nitrogen and oxygen atoms in total. The number of halogens is 1. The van der Waals surface area contributed by atoms with Gasteiger partial charge in [-0.15, -0.1) is 24.0 Å². The molecule has 170 valence electrons. The molecular weight excluding hydrogens is 501 g/mol. The Morgan fingerprint density at radius 2 is 1.68 bits per heavy atom. The molecule has 0 spiro atoms. The molecule has 3 rings (SSSR count). The lowest BCUT2D eigenvalue weighted by Gasteiger charge is -2.19. The number of nitrogens with one attached hydrogen (secondary N) is 2. The van der Waals surface area contributed by atoms with Crippen LogP contribution < -0.4 is 10.6 Å². The first-order valence-corrected chi connectivity index (χ1v) is 11.1. The third kappa shape index (κ3) is 9.17. The van der Waals surface area contributed by atoms with Gasteiger partial charge < -0.3 is 20.1 Å². The maximum atomic E-state index is 5.76. The maximum absolute atomic E-state index is 5.76. The van der Waals surface area contributed by atoms with E-state index < -0.39 is 0 Å². The number of hydrogen-bond acceptors (Lipinski definition) is 3. The maximum Gasteiger partial charge on any atom is 0.190 e. The van der Waals surface area contributed by atoms with Gasteiger partial charge in [0, 0.05) is 45.2 Å². The molecule has 6 heteroatoms. The molecule has 2 N–H and O–H groups in total. The molecule has 0 amide bonds. The van der Waals surface area contributed by atoms with E-state index in [1.807, 2.05) is 7.05 Å². The summed E-state index contributed by atoms with van der Waals surface area (Å²) in [5.74, 6) is 1.79. The van der Waals surface area contributed by atoms with E-state index in [-0.39, 0.29) is 24.0 Å². The average Bonchev–Trinajstić information content (AvgIpc) is 3.32. The second-order valence-corrected chi connectivity index (χ2v) is 7.75. The highest BCUT2D eigenvalue weighted by Crippen LogP contribution is 2.27.